The van der Waals surface area contributed by atoms with E-state index in [0.717, 1.165) is 11.3 Å². The number of ketones is 1. The summed E-state index contributed by atoms with van der Waals surface area (Å²) < 4.78 is 0. The summed E-state index contributed by atoms with van der Waals surface area (Å²) in [7, 11) is 0. The van der Waals surface area contributed by atoms with Gasteiger partial charge in [0.1, 0.15) is 11.8 Å². The van der Waals surface area contributed by atoms with E-state index < -0.39 is 11.9 Å². The number of Topliss-reactive ketones (excluding diaryl/α,β-unsaturated/α-hetero) is 1. The van der Waals surface area contributed by atoms with Crippen molar-refractivity contribution in [2.24, 2.45) is 10.8 Å². The molecule has 0 saturated carbocycles. The topological polar surface area (TPSA) is 75.8 Å². The first-order chi connectivity index (χ1) is 8.49. The molecule has 0 aliphatic carbocycles. The van der Waals surface area contributed by atoms with Crippen molar-refractivity contribution in [3.8, 4) is 0 Å². The molecular formula is C13H15N3O2. The molecule has 1 unspecified atom stereocenters. The van der Waals surface area contributed by atoms with Gasteiger partial charge in [-0.1, -0.05) is 17.7 Å². The summed E-state index contributed by atoms with van der Waals surface area (Å²) in [5.41, 5.74) is 7.62. The number of carbonyl (C=O) groups excluding carboxylic acids is 2. The average Bonchev–Trinajstić information content (AvgIpc) is 2.75. The summed E-state index contributed by atoms with van der Waals surface area (Å²) in [5, 5.41) is 5.72. The van der Waals surface area contributed by atoms with Crippen LogP contribution >= 0.6 is 0 Å². The second-order valence-corrected chi connectivity index (χ2v) is 4.41. The van der Waals surface area contributed by atoms with Crippen molar-refractivity contribution in [2.45, 2.75) is 26.3 Å². The van der Waals surface area contributed by atoms with Crippen molar-refractivity contribution >= 4 is 23.1 Å². The van der Waals surface area contributed by atoms with Gasteiger partial charge in [-0.15, -0.1) is 0 Å². The molecule has 1 aromatic carbocycles. The Hall–Kier alpha value is -2.17. The van der Waals surface area contributed by atoms with Crippen molar-refractivity contribution in [3.63, 3.8) is 0 Å². The summed E-state index contributed by atoms with van der Waals surface area (Å²) in [6.45, 7) is 3.42. The first-order valence-corrected chi connectivity index (χ1v) is 5.72. The monoisotopic (exact) mass is 245 g/mol. The van der Waals surface area contributed by atoms with Gasteiger partial charge in [-0.05, 0) is 19.1 Å². The lowest BCUT2D eigenvalue weighted by atomic mass is 10.1. The van der Waals surface area contributed by atoms with E-state index in [1.807, 2.05) is 31.2 Å². The predicted octanol–water partition coefficient (Wildman–Crippen LogP) is 1.00. The third-order valence-electron chi connectivity index (χ3n) is 2.94. The maximum absolute atomic E-state index is 11.4. The lowest BCUT2D eigenvalue weighted by molar-refractivity contribution is -0.119. The van der Waals surface area contributed by atoms with Gasteiger partial charge in [-0.3, -0.25) is 14.6 Å². The minimum absolute atomic E-state index is 0.129. The number of benzene rings is 1. The average molecular weight is 245 g/mol. The molecule has 1 aliphatic rings. The Bertz CT molecular complexity index is 520. The number of rotatable bonds is 3. The Morgan fingerprint density at radius 2 is 1.94 bits per heavy atom. The van der Waals surface area contributed by atoms with Crippen LogP contribution in [-0.2, 0) is 9.59 Å². The van der Waals surface area contributed by atoms with Gasteiger partial charge in [-0.2, -0.15) is 5.10 Å². The Morgan fingerprint density at radius 1 is 1.33 bits per heavy atom. The molecular weight excluding hydrogens is 230 g/mol. The molecule has 0 spiro atoms. The van der Waals surface area contributed by atoms with Crippen molar-refractivity contribution in [1.82, 2.24) is 0 Å². The number of hydrogen-bond acceptors (Lipinski definition) is 4. The number of nitrogens with two attached hydrogens (primary N) is 1. The van der Waals surface area contributed by atoms with Crippen molar-refractivity contribution < 1.29 is 9.59 Å². The maximum atomic E-state index is 11.4. The quantitative estimate of drug-likeness (QED) is 0.863. The standard InChI is InChI=1S/C13H15N3O2/c1-8-3-5-10(6-4-8)16-12(13(14)18)7-11(15-16)9(2)17/h3-6,12H,7H2,1-2H3,(H2,14,18). The first-order valence-electron chi connectivity index (χ1n) is 5.72. The number of anilines is 1. The van der Waals surface area contributed by atoms with Gasteiger partial charge in [0.25, 0.3) is 0 Å². The third kappa shape index (κ3) is 2.25. The van der Waals surface area contributed by atoms with Crippen LogP contribution in [0, 0.1) is 6.92 Å². The van der Waals surface area contributed by atoms with Gasteiger partial charge in [0, 0.05) is 13.3 Å². The molecule has 1 amide bonds. The van der Waals surface area contributed by atoms with Crippen LogP contribution in [0.15, 0.2) is 29.4 Å². The minimum Gasteiger partial charge on any atom is -0.368 e. The van der Waals surface area contributed by atoms with E-state index in [9.17, 15) is 9.59 Å². The van der Waals surface area contributed by atoms with Gasteiger partial charge >= 0.3 is 0 Å². The Labute approximate surface area is 105 Å². The molecule has 1 atom stereocenters. The number of hydrazone groups is 1. The van der Waals surface area contributed by atoms with Crippen molar-refractivity contribution in [2.75, 3.05) is 5.01 Å². The van der Waals surface area contributed by atoms with E-state index in [2.05, 4.69) is 5.10 Å². The Morgan fingerprint density at radius 3 is 2.44 bits per heavy atom. The zero-order valence-electron chi connectivity index (χ0n) is 10.4. The SMILES string of the molecule is CC(=O)C1=NN(c2ccc(C)cc2)C(C(N)=O)C1. The molecule has 5 nitrogen and oxygen atoms in total. The van der Waals surface area contributed by atoms with Crippen molar-refractivity contribution in [1.29, 1.82) is 0 Å². The highest BCUT2D eigenvalue weighted by atomic mass is 16.2. The highest BCUT2D eigenvalue weighted by molar-refractivity contribution is 6.40. The second kappa shape index (κ2) is 4.60. The summed E-state index contributed by atoms with van der Waals surface area (Å²) in [6.07, 6.45) is 0.276. The molecule has 0 fully saturated rings. The molecule has 2 N–H and O–H groups in total. The normalized spacial score (nSPS) is 18.7. The van der Waals surface area contributed by atoms with E-state index in [1.165, 1.54) is 11.9 Å². The van der Waals surface area contributed by atoms with Crippen LogP contribution in [0.3, 0.4) is 0 Å². The Balaban J connectivity index is 2.36. The van der Waals surface area contributed by atoms with Crippen LogP contribution in [-0.4, -0.2) is 23.4 Å². The molecule has 18 heavy (non-hydrogen) atoms. The number of aryl methyl sites for hydroxylation is 1. The smallest absolute Gasteiger partial charge is 0.242 e. The highest BCUT2D eigenvalue weighted by Gasteiger charge is 2.33. The largest absolute Gasteiger partial charge is 0.368 e. The van der Waals surface area contributed by atoms with E-state index in [0.29, 0.717) is 5.71 Å². The lowest BCUT2D eigenvalue weighted by Gasteiger charge is -2.20. The van der Waals surface area contributed by atoms with Gasteiger partial charge in [-0.25, -0.2) is 0 Å². The fourth-order valence-electron chi connectivity index (χ4n) is 1.88. The molecule has 0 bridgehead atoms. The lowest BCUT2D eigenvalue weighted by Crippen LogP contribution is -2.39. The molecule has 1 heterocycles. The number of amides is 1. The minimum atomic E-state index is -0.577. The van der Waals surface area contributed by atoms with Crippen LogP contribution < -0.4 is 10.7 Å². The summed E-state index contributed by atoms with van der Waals surface area (Å²) in [4.78, 5) is 22.8. The molecule has 5 heteroatoms. The fraction of sp³-hybridized carbons (Fsp3) is 0.308. The maximum Gasteiger partial charge on any atom is 0.242 e. The summed E-state index contributed by atoms with van der Waals surface area (Å²) >= 11 is 0. The third-order valence-corrected chi connectivity index (χ3v) is 2.94. The second-order valence-electron chi connectivity index (χ2n) is 4.41. The van der Waals surface area contributed by atoms with E-state index in [1.54, 1.807) is 0 Å². The van der Waals surface area contributed by atoms with Crippen LogP contribution in [0.4, 0.5) is 5.69 Å². The number of hydrogen-bond donors (Lipinski definition) is 1. The van der Waals surface area contributed by atoms with Crippen LogP contribution in [0.1, 0.15) is 18.9 Å². The molecule has 1 aromatic rings. The van der Waals surface area contributed by atoms with Crippen LogP contribution in [0.25, 0.3) is 0 Å². The number of primary amides is 1. The summed E-state index contributed by atoms with van der Waals surface area (Å²) in [5.74, 6) is -0.605. The van der Waals surface area contributed by atoms with Gasteiger partial charge in [0.15, 0.2) is 5.78 Å². The highest BCUT2D eigenvalue weighted by Crippen LogP contribution is 2.25. The molecule has 94 valence electrons. The fourth-order valence-corrected chi connectivity index (χ4v) is 1.88. The van der Waals surface area contributed by atoms with Crippen molar-refractivity contribution in [3.05, 3.63) is 29.8 Å². The first kappa shape index (κ1) is 12.3. The van der Waals surface area contributed by atoms with E-state index >= 15 is 0 Å². The number of nitrogens with zero attached hydrogens (tertiary/aromatic N) is 2. The zero-order chi connectivity index (χ0) is 13.3. The summed E-state index contributed by atoms with van der Waals surface area (Å²) in [6, 6.07) is 6.99. The van der Waals surface area contributed by atoms with Gasteiger partial charge in [0.05, 0.1) is 5.69 Å². The van der Waals surface area contributed by atoms with E-state index in [4.69, 9.17) is 5.73 Å². The van der Waals surface area contributed by atoms with Crippen LogP contribution in [0.5, 0.6) is 0 Å². The number of carbonyl (C=O) groups is 2. The molecule has 0 radical (unpaired) electrons. The van der Waals surface area contributed by atoms with E-state index in [-0.39, 0.29) is 12.2 Å². The van der Waals surface area contributed by atoms with Gasteiger partial charge in [0.2, 0.25) is 5.91 Å². The van der Waals surface area contributed by atoms with Crippen LogP contribution in [0.2, 0.25) is 0 Å². The Kier molecular flexibility index (Phi) is 3.14. The van der Waals surface area contributed by atoms with Gasteiger partial charge < -0.3 is 5.73 Å². The molecule has 2 rings (SSSR count). The molecule has 0 aromatic heterocycles. The molecule has 0 saturated heterocycles. The zero-order valence-corrected chi connectivity index (χ0v) is 10.4. The molecule has 1 aliphatic heterocycles. The predicted molar refractivity (Wildman–Crippen MR) is 69.4 cm³/mol.